The van der Waals surface area contributed by atoms with Crippen LogP contribution >= 0.6 is 0 Å². The number of likely N-dealkylation sites (tertiary alicyclic amines) is 1. The molecule has 0 spiro atoms. The molecule has 1 fully saturated rings. The summed E-state index contributed by atoms with van der Waals surface area (Å²) in [5.41, 5.74) is 2.77. The Morgan fingerprint density at radius 1 is 1.19 bits per heavy atom. The van der Waals surface area contributed by atoms with E-state index in [9.17, 15) is 4.79 Å². The molecule has 140 valence electrons. The van der Waals surface area contributed by atoms with E-state index in [0.717, 1.165) is 35.4 Å². The largest absolute Gasteiger partial charge is 0.361 e. The third kappa shape index (κ3) is 3.49. The highest BCUT2D eigenvalue weighted by Gasteiger charge is 2.34. The summed E-state index contributed by atoms with van der Waals surface area (Å²) in [6.45, 7) is 4.49. The van der Waals surface area contributed by atoms with Crippen molar-refractivity contribution in [3.8, 4) is 11.4 Å². The quantitative estimate of drug-likeness (QED) is 0.685. The maximum atomic E-state index is 12.8. The van der Waals surface area contributed by atoms with Crippen molar-refractivity contribution < 1.29 is 13.8 Å². The second-order valence-electron chi connectivity index (χ2n) is 6.87. The van der Waals surface area contributed by atoms with E-state index in [1.54, 1.807) is 0 Å². The van der Waals surface area contributed by atoms with Gasteiger partial charge >= 0.3 is 0 Å². The first-order chi connectivity index (χ1) is 13.1. The Balaban J connectivity index is 1.46. The second kappa shape index (κ2) is 7.34. The lowest BCUT2D eigenvalue weighted by Gasteiger charge is -2.21. The predicted octanol–water partition coefficient (Wildman–Crippen LogP) is 3.64. The third-order valence-corrected chi connectivity index (χ3v) is 5.10. The molecule has 7 nitrogen and oxygen atoms in total. The lowest BCUT2D eigenvalue weighted by Crippen LogP contribution is -2.31. The summed E-state index contributed by atoms with van der Waals surface area (Å²) in [6.07, 6.45) is 2.82. The second-order valence-corrected chi connectivity index (χ2v) is 6.87. The molecule has 1 atom stereocenters. The zero-order valence-electron chi connectivity index (χ0n) is 15.5. The highest BCUT2D eigenvalue weighted by Crippen LogP contribution is 2.32. The molecule has 0 aliphatic carbocycles. The number of rotatable bonds is 5. The topological polar surface area (TPSA) is 85.3 Å². The van der Waals surface area contributed by atoms with Crippen molar-refractivity contribution in [2.24, 2.45) is 0 Å². The highest BCUT2D eigenvalue weighted by molar-refractivity contribution is 5.77. The van der Waals surface area contributed by atoms with Crippen molar-refractivity contribution in [2.45, 2.75) is 45.6 Å². The molecule has 3 aromatic rings. The van der Waals surface area contributed by atoms with E-state index in [0.29, 0.717) is 31.1 Å². The standard InChI is InChI=1S/C20H22N4O3/c1-13-16(14(2)26-22-13)10-11-18(25)24-12-6-9-17(24)20-21-19(23-27-20)15-7-4-3-5-8-15/h3-5,7-8,17H,6,9-12H2,1-2H3/t17-/m1/s1. The molecule has 1 amide bonds. The van der Waals surface area contributed by atoms with Crippen molar-refractivity contribution in [3.63, 3.8) is 0 Å². The van der Waals surface area contributed by atoms with Gasteiger partial charge in [0.15, 0.2) is 0 Å². The highest BCUT2D eigenvalue weighted by atomic mass is 16.5. The van der Waals surface area contributed by atoms with E-state index >= 15 is 0 Å². The van der Waals surface area contributed by atoms with Gasteiger partial charge in [0, 0.05) is 24.1 Å². The third-order valence-electron chi connectivity index (χ3n) is 5.10. The van der Waals surface area contributed by atoms with Crippen LogP contribution in [0.4, 0.5) is 0 Å². The molecular formula is C20H22N4O3. The van der Waals surface area contributed by atoms with Gasteiger partial charge in [-0.1, -0.05) is 40.6 Å². The molecule has 1 aromatic carbocycles. The Bertz CT molecular complexity index is 912. The number of hydrogen-bond acceptors (Lipinski definition) is 6. The molecule has 0 radical (unpaired) electrons. The molecule has 1 aliphatic rings. The Morgan fingerprint density at radius 2 is 2.00 bits per heavy atom. The Hall–Kier alpha value is -2.96. The van der Waals surface area contributed by atoms with Crippen LogP contribution in [0.5, 0.6) is 0 Å². The van der Waals surface area contributed by atoms with Crippen molar-refractivity contribution >= 4 is 5.91 Å². The SMILES string of the molecule is Cc1noc(C)c1CCC(=O)N1CCC[C@@H]1c1nc(-c2ccccc2)no1. The first-order valence-electron chi connectivity index (χ1n) is 9.23. The summed E-state index contributed by atoms with van der Waals surface area (Å²) in [5.74, 6) is 1.94. The van der Waals surface area contributed by atoms with Crippen molar-refractivity contribution in [1.29, 1.82) is 0 Å². The average Bonchev–Trinajstić information content (AvgIpc) is 3.41. The van der Waals surface area contributed by atoms with E-state index in [-0.39, 0.29) is 11.9 Å². The molecule has 0 N–H and O–H groups in total. The van der Waals surface area contributed by atoms with Gasteiger partial charge in [-0.25, -0.2) is 0 Å². The molecule has 1 aliphatic heterocycles. The molecule has 1 saturated heterocycles. The molecule has 2 aromatic heterocycles. The fraction of sp³-hybridized carbons (Fsp3) is 0.400. The van der Waals surface area contributed by atoms with Crippen LogP contribution in [0.2, 0.25) is 0 Å². The van der Waals surface area contributed by atoms with Gasteiger partial charge in [0.1, 0.15) is 11.8 Å². The van der Waals surface area contributed by atoms with Gasteiger partial charge in [0.05, 0.1) is 5.69 Å². The van der Waals surface area contributed by atoms with Crippen LogP contribution in [-0.2, 0) is 11.2 Å². The van der Waals surface area contributed by atoms with Gasteiger partial charge in [-0.3, -0.25) is 4.79 Å². The van der Waals surface area contributed by atoms with Crippen LogP contribution < -0.4 is 0 Å². The van der Waals surface area contributed by atoms with Crippen LogP contribution in [0, 0.1) is 13.8 Å². The number of amides is 1. The molecule has 0 bridgehead atoms. The van der Waals surface area contributed by atoms with Gasteiger partial charge in [-0.2, -0.15) is 4.98 Å². The van der Waals surface area contributed by atoms with Crippen LogP contribution in [0.15, 0.2) is 39.4 Å². The van der Waals surface area contributed by atoms with Crippen molar-refractivity contribution in [1.82, 2.24) is 20.2 Å². The Labute approximate surface area is 157 Å². The smallest absolute Gasteiger partial charge is 0.249 e. The normalized spacial score (nSPS) is 16.8. The minimum absolute atomic E-state index is 0.0944. The van der Waals surface area contributed by atoms with Gasteiger partial charge in [0.2, 0.25) is 17.6 Å². The number of aromatic nitrogens is 3. The molecule has 27 heavy (non-hydrogen) atoms. The van der Waals surface area contributed by atoms with Crippen LogP contribution in [0.25, 0.3) is 11.4 Å². The van der Waals surface area contributed by atoms with Crippen LogP contribution in [-0.4, -0.2) is 32.6 Å². The Morgan fingerprint density at radius 3 is 2.74 bits per heavy atom. The van der Waals surface area contributed by atoms with E-state index in [1.807, 2.05) is 49.1 Å². The maximum Gasteiger partial charge on any atom is 0.249 e. The zero-order chi connectivity index (χ0) is 18.8. The molecule has 4 rings (SSSR count). The molecular weight excluding hydrogens is 344 g/mol. The summed E-state index contributed by atoms with van der Waals surface area (Å²) in [6, 6.07) is 9.55. The van der Waals surface area contributed by atoms with Gasteiger partial charge in [-0.05, 0) is 33.1 Å². The van der Waals surface area contributed by atoms with Gasteiger partial charge < -0.3 is 13.9 Å². The number of hydrogen-bond donors (Lipinski definition) is 0. The van der Waals surface area contributed by atoms with E-state index in [1.165, 1.54) is 0 Å². The van der Waals surface area contributed by atoms with Gasteiger partial charge in [0.25, 0.3) is 0 Å². The summed E-state index contributed by atoms with van der Waals surface area (Å²) < 4.78 is 10.7. The summed E-state index contributed by atoms with van der Waals surface area (Å²) in [5, 5.41) is 8.04. The first-order valence-corrected chi connectivity index (χ1v) is 9.23. The summed E-state index contributed by atoms with van der Waals surface area (Å²) >= 11 is 0. The van der Waals surface area contributed by atoms with E-state index < -0.39 is 0 Å². The van der Waals surface area contributed by atoms with Crippen molar-refractivity contribution in [3.05, 3.63) is 53.2 Å². The minimum Gasteiger partial charge on any atom is -0.361 e. The fourth-order valence-corrected chi connectivity index (χ4v) is 3.63. The van der Waals surface area contributed by atoms with Crippen LogP contribution in [0.3, 0.4) is 0 Å². The maximum absolute atomic E-state index is 12.8. The predicted molar refractivity (Wildman–Crippen MR) is 97.7 cm³/mol. The molecule has 7 heteroatoms. The summed E-state index contributed by atoms with van der Waals surface area (Å²) in [4.78, 5) is 19.2. The minimum atomic E-state index is -0.146. The van der Waals surface area contributed by atoms with Crippen LogP contribution in [0.1, 0.15) is 48.2 Å². The lowest BCUT2D eigenvalue weighted by atomic mass is 10.1. The van der Waals surface area contributed by atoms with Crippen molar-refractivity contribution in [2.75, 3.05) is 6.54 Å². The Kier molecular flexibility index (Phi) is 4.75. The molecule has 0 saturated carbocycles. The first kappa shape index (κ1) is 17.5. The monoisotopic (exact) mass is 366 g/mol. The van der Waals surface area contributed by atoms with E-state index in [2.05, 4.69) is 15.3 Å². The fourth-order valence-electron chi connectivity index (χ4n) is 3.63. The zero-order valence-corrected chi connectivity index (χ0v) is 15.5. The van der Waals surface area contributed by atoms with E-state index in [4.69, 9.17) is 9.05 Å². The number of carbonyl (C=O) groups is 1. The lowest BCUT2D eigenvalue weighted by molar-refractivity contribution is -0.132. The average molecular weight is 366 g/mol. The number of aryl methyl sites for hydroxylation is 2. The molecule has 3 heterocycles. The number of carbonyl (C=O) groups excluding carboxylic acids is 1. The molecule has 0 unspecified atom stereocenters. The summed E-state index contributed by atoms with van der Waals surface area (Å²) in [7, 11) is 0. The number of benzene rings is 1. The number of nitrogens with zero attached hydrogens (tertiary/aromatic N) is 4. The van der Waals surface area contributed by atoms with Gasteiger partial charge in [-0.15, -0.1) is 0 Å².